The van der Waals surface area contributed by atoms with Gasteiger partial charge in [0.1, 0.15) is 12.0 Å². The summed E-state index contributed by atoms with van der Waals surface area (Å²) in [6.45, 7) is 0.706. The number of amides is 1. The number of nitrogens with zero attached hydrogens (tertiary/aromatic N) is 5. The maximum atomic E-state index is 12.3. The molecule has 11 heteroatoms. The molecule has 144 valence electrons. The zero-order valence-corrected chi connectivity index (χ0v) is 16.1. The number of benzene rings is 1. The number of nitrogens with one attached hydrogen (secondary N) is 2. The molecule has 0 atom stereocenters. The zero-order valence-electron chi connectivity index (χ0n) is 14.6. The predicted octanol–water partition coefficient (Wildman–Crippen LogP) is 2.76. The fourth-order valence-electron chi connectivity index (χ4n) is 2.29. The molecule has 0 aliphatic carbocycles. The fourth-order valence-corrected chi connectivity index (χ4v) is 2.78. The highest BCUT2D eigenvalue weighted by Gasteiger charge is 2.16. The second kappa shape index (κ2) is 10.2. The molecule has 2 aromatic rings. The molecule has 1 heterocycles. The fraction of sp³-hybridized carbons (Fsp3) is 0.235. The van der Waals surface area contributed by atoms with Gasteiger partial charge < -0.3 is 10.6 Å². The SMILES string of the molecule is N#CCCN(CCC#N)c1ncnc(NNC(=O)c2ccc(Cl)cc2Cl)c1N. The summed E-state index contributed by atoms with van der Waals surface area (Å²) in [6, 6.07) is 8.57. The molecule has 0 bridgehead atoms. The molecule has 0 radical (unpaired) electrons. The van der Waals surface area contributed by atoms with Gasteiger partial charge in [-0.3, -0.25) is 15.6 Å². The average Bonchev–Trinajstić information content (AvgIpc) is 2.67. The van der Waals surface area contributed by atoms with E-state index in [2.05, 4.69) is 20.8 Å². The van der Waals surface area contributed by atoms with Gasteiger partial charge in [-0.15, -0.1) is 0 Å². The predicted molar refractivity (Wildman–Crippen MR) is 107 cm³/mol. The van der Waals surface area contributed by atoms with E-state index in [0.717, 1.165) is 0 Å². The van der Waals surface area contributed by atoms with Crippen molar-refractivity contribution < 1.29 is 4.79 Å². The lowest BCUT2D eigenvalue weighted by Gasteiger charge is -2.23. The van der Waals surface area contributed by atoms with Crippen LogP contribution in [0.4, 0.5) is 17.3 Å². The molecule has 1 amide bonds. The van der Waals surface area contributed by atoms with Crippen molar-refractivity contribution in [2.75, 3.05) is 29.1 Å². The number of carbonyl (C=O) groups excluding carboxylic acids is 1. The Kier molecular flexibility index (Phi) is 7.64. The van der Waals surface area contributed by atoms with Gasteiger partial charge in [-0.25, -0.2) is 9.97 Å². The van der Waals surface area contributed by atoms with Crippen molar-refractivity contribution >= 4 is 46.4 Å². The van der Waals surface area contributed by atoms with Crippen LogP contribution in [0, 0.1) is 22.7 Å². The number of halogens is 2. The molecule has 9 nitrogen and oxygen atoms in total. The summed E-state index contributed by atoms with van der Waals surface area (Å²) in [7, 11) is 0. The summed E-state index contributed by atoms with van der Waals surface area (Å²) >= 11 is 11.8. The Balaban J connectivity index is 2.16. The van der Waals surface area contributed by atoms with Crippen LogP contribution in [0.1, 0.15) is 23.2 Å². The van der Waals surface area contributed by atoms with Crippen LogP contribution in [0.3, 0.4) is 0 Å². The first-order valence-corrected chi connectivity index (χ1v) is 8.84. The van der Waals surface area contributed by atoms with Gasteiger partial charge in [-0.2, -0.15) is 10.5 Å². The number of nitrogens with two attached hydrogens (primary N) is 1. The van der Waals surface area contributed by atoms with E-state index in [1.54, 1.807) is 11.0 Å². The first kappa shape index (κ1) is 21.0. The van der Waals surface area contributed by atoms with Crippen LogP contribution in [0.15, 0.2) is 24.5 Å². The number of hydrogen-bond acceptors (Lipinski definition) is 8. The lowest BCUT2D eigenvalue weighted by molar-refractivity contribution is 0.0962. The summed E-state index contributed by atoms with van der Waals surface area (Å²) in [5.41, 5.74) is 11.6. The minimum Gasteiger partial charge on any atom is -0.393 e. The number of aromatic nitrogens is 2. The molecule has 4 N–H and O–H groups in total. The van der Waals surface area contributed by atoms with Gasteiger partial charge in [0.2, 0.25) is 0 Å². The van der Waals surface area contributed by atoms with Gasteiger partial charge >= 0.3 is 0 Å². The molecular formula is C17H16Cl2N8O. The minimum absolute atomic E-state index is 0.167. The normalized spacial score (nSPS) is 9.86. The largest absolute Gasteiger partial charge is 0.393 e. The summed E-state index contributed by atoms with van der Waals surface area (Å²) in [5.74, 6) is 0.0242. The summed E-state index contributed by atoms with van der Waals surface area (Å²) in [5, 5.41) is 18.2. The number of hydrazine groups is 1. The number of anilines is 3. The van der Waals surface area contributed by atoms with Crippen molar-refractivity contribution in [2.24, 2.45) is 0 Å². The Bertz CT molecular complexity index is 920. The molecule has 0 fully saturated rings. The third kappa shape index (κ3) is 5.36. The third-order valence-electron chi connectivity index (χ3n) is 3.62. The molecule has 0 saturated heterocycles. The minimum atomic E-state index is -0.507. The second-order valence-corrected chi connectivity index (χ2v) is 6.31. The van der Waals surface area contributed by atoms with Crippen LogP contribution in [0.5, 0.6) is 0 Å². The Morgan fingerprint density at radius 2 is 1.86 bits per heavy atom. The van der Waals surface area contributed by atoms with Crippen molar-refractivity contribution in [3.8, 4) is 12.1 Å². The molecule has 0 unspecified atom stereocenters. The molecule has 0 aliphatic heterocycles. The highest BCUT2D eigenvalue weighted by molar-refractivity contribution is 6.36. The van der Waals surface area contributed by atoms with Crippen molar-refractivity contribution in [3.05, 3.63) is 40.1 Å². The average molecular weight is 419 g/mol. The summed E-state index contributed by atoms with van der Waals surface area (Å²) in [6.07, 6.45) is 1.74. The molecule has 28 heavy (non-hydrogen) atoms. The second-order valence-electron chi connectivity index (χ2n) is 5.47. The molecule has 1 aromatic heterocycles. The lowest BCUT2D eigenvalue weighted by atomic mass is 10.2. The number of nitriles is 2. The van der Waals surface area contributed by atoms with E-state index >= 15 is 0 Å². The van der Waals surface area contributed by atoms with E-state index in [4.69, 9.17) is 39.5 Å². The van der Waals surface area contributed by atoms with E-state index < -0.39 is 5.91 Å². The van der Waals surface area contributed by atoms with Crippen LogP contribution < -0.4 is 21.5 Å². The van der Waals surface area contributed by atoms with Crippen molar-refractivity contribution in [2.45, 2.75) is 12.8 Å². The maximum absolute atomic E-state index is 12.3. The number of rotatable bonds is 8. The van der Waals surface area contributed by atoms with Gasteiger partial charge in [-0.1, -0.05) is 23.2 Å². The smallest absolute Gasteiger partial charge is 0.271 e. The molecule has 1 aromatic carbocycles. The first-order chi connectivity index (χ1) is 13.5. The van der Waals surface area contributed by atoms with Gasteiger partial charge in [-0.05, 0) is 18.2 Å². The van der Waals surface area contributed by atoms with Gasteiger partial charge in [0.25, 0.3) is 5.91 Å². The highest BCUT2D eigenvalue weighted by Crippen LogP contribution is 2.26. The lowest BCUT2D eigenvalue weighted by Crippen LogP contribution is -2.32. The van der Waals surface area contributed by atoms with Crippen LogP contribution in [-0.4, -0.2) is 29.0 Å². The van der Waals surface area contributed by atoms with Crippen LogP contribution in [-0.2, 0) is 0 Å². The monoisotopic (exact) mass is 418 g/mol. The Labute approximate surface area is 171 Å². The van der Waals surface area contributed by atoms with Gasteiger partial charge in [0, 0.05) is 18.1 Å². The van der Waals surface area contributed by atoms with Crippen LogP contribution in [0.2, 0.25) is 10.0 Å². The maximum Gasteiger partial charge on any atom is 0.271 e. The van der Waals surface area contributed by atoms with E-state index in [0.29, 0.717) is 23.9 Å². The molecular weight excluding hydrogens is 403 g/mol. The topological polar surface area (TPSA) is 144 Å². The van der Waals surface area contributed by atoms with E-state index in [1.807, 2.05) is 12.1 Å². The van der Waals surface area contributed by atoms with Crippen LogP contribution in [0.25, 0.3) is 0 Å². The zero-order chi connectivity index (χ0) is 20.5. The molecule has 0 spiro atoms. The van der Waals surface area contributed by atoms with E-state index in [-0.39, 0.29) is 34.9 Å². The standard InChI is InChI=1S/C17H16Cl2N8O/c18-11-3-4-12(13(19)9-11)17(28)26-25-15-14(22)16(24-10-23-15)27(7-1-5-20)8-2-6-21/h3-4,9-10H,1-2,7-8,22H2,(H,26,28)(H,23,24,25). The summed E-state index contributed by atoms with van der Waals surface area (Å²) in [4.78, 5) is 22.2. The number of nitrogen functional groups attached to an aromatic ring is 1. The van der Waals surface area contributed by atoms with Crippen molar-refractivity contribution in [1.29, 1.82) is 10.5 Å². The molecule has 2 rings (SSSR count). The van der Waals surface area contributed by atoms with E-state index in [9.17, 15) is 4.79 Å². The molecule has 0 saturated carbocycles. The molecule has 0 aliphatic rings. The third-order valence-corrected chi connectivity index (χ3v) is 4.17. The van der Waals surface area contributed by atoms with Crippen molar-refractivity contribution in [1.82, 2.24) is 15.4 Å². The quantitative estimate of drug-likeness (QED) is 0.554. The highest BCUT2D eigenvalue weighted by atomic mass is 35.5. The Morgan fingerprint density at radius 3 is 2.46 bits per heavy atom. The van der Waals surface area contributed by atoms with Crippen molar-refractivity contribution in [3.63, 3.8) is 0 Å². The van der Waals surface area contributed by atoms with Gasteiger partial charge in [0.15, 0.2) is 11.6 Å². The summed E-state index contributed by atoms with van der Waals surface area (Å²) < 4.78 is 0. The Morgan fingerprint density at radius 1 is 1.18 bits per heavy atom. The number of carbonyl (C=O) groups is 1. The first-order valence-electron chi connectivity index (χ1n) is 8.08. The number of hydrogen-bond donors (Lipinski definition) is 3. The Hall–Kier alpha value is -3.27. The van der Waals surface area contributed by atoms with Gasteiger partial charge in [0.05, 0.1) is 35.6 Å². The van der Waals surface area contributed by atoms with E-state index in [1.165, 1.54) is 18.5 Å². The van der Waals surface area contributed by atoms with Crippen LogP contribution >= 0.6 is 23.2 Å².